The molecule has 4 nitrogen and oxygen atoms in total. The van der Waals surface area contributed by atoms with Crippen molar-refractivity contribution in [1.29, 1.82) is 0 Å². The molecule has 0 bridgehead atoms. The zero-order valence-electron chi connectivity index (χ0n) is 16.1. The van der Waals surface area contributed by atoms with Gasteiger partial charge in [-0.25, -0.2) is 9.38 Å². The minimum absolute atomic E-state index is 0. The average molecular weight is 485 g/mol. The first-order chi connectivity index (χ1) is 12.6. The minimum atomic E-state index is -0.394. The molecular weight excluding hydrogens is 456 g/mol. The topological polar surface area (TPSA) is 56.7 Å². The molecule has 2 aromatic rings. The van der Waals surface area contributed by atoms with E-state index in [1.165, 1.54) is 17.2 Å². The Hall–Kier alpha value is -1.67. The molecule has 2 rings (SSSR count). The van der Waals surface area contributed by atoms with Crippen LogP contribution in [0.25, 0.3) is 0 Å². The van der Waals surface area contributed by atoms with Gasteiger partial charge < -0.3 is 15.7 Å². The van der Waals surface area contributed by atoms with Crippen molar-refractivity contribution in [3.63, 3.8) is 0 Å². The number of nitrogens with one attached hydrogen (secondary N) is 2. The third-order valence-electron chi connectivity index (χ3n) is 4.29. The fraction of sp³-hybridized carbons (Fsp3) is 0.381. The van der Waals surface area contributed by atoms with Crippen LogP contribution in [0.5, 0.6) is 0 Å². The third kappa shape index (κ3) is 7.10. The molecule has 0 fully saturated rings. The van der Waals surface area contributed by atoms with Gasteiger partial charge in [-0.15, -0.1) is 24.0 Å². The van der Waals surface area contributed by atoms with Gasteiger partial charge in [-0.2, -0.15) is 0 Å². The lowest BCUT2D eigenvalue weighted by atomic mass is 10.1. The van der Waals surface area contributed by atoms with Crippen molar-refractivity contribution >= 4 is 29.9 Å². The summed E-state index contributed by atoms with van der Waals surface area (Å²) in [5, 5.41) is 15.8. The molecule has 0 radical (unpaired) electrons. The van der Waals surface area contributed by atoms with Crippen LogP contribution >= 0.6 is 24.0 Å². The highest BCUT2D eigenvalue weighted by Gasteiger charge is 2.08. The highest BCUT2D eigenvalue weighted by atomic mass is 127. The van der Waals surface area contributed by atoms with Crippen molar-refractivity contribution in [3.05, 3.63) is 70.5 Å². The number of rotatable bonds is 7. The van der Waals surface area contributed by atoms with Gasteiger partial charge in [-0.1, -0.05) is 37.3 Å². The van der Waals surface area contributed by atoms with Gasteiger partial charge in [0.05, 0.1) is 19.2 Å². The second-order valence-electron chi connectivity index (χ2n) is 6.24. The van der Waals surface area contributed by atoms with Crippen LogP contribution in [0.15, 0.2) is 47.5 Å². The van der Waals surface area contributed by atoms with Crippen LogP contribution in [0.2, 0.25) is 0 Å². The van der Waals surface area contributed by atoms with E-state index in [1.807, 2.05) is 6.92 Å². The Morgan fingerprint density at radius 2 is 1.78 bits per heavy atom. The molecule has 2 aromatic carbocycles. The fourth-order valence-electron chi connectivity index (χ4n) is 2.67. The molecular formula is C21H29FIN3O. The number of aryl methyl sites for hydroxylation is 1. The van der Waals surface area contributed by atoms with Crippen molar-refractivity contribution in [2.45, 2.75) is 46.4 Å². The number of aliphatic imine (C=N–C) groups is 1. The standard InChI is InChI=1S/C21H28FN3O.HI/c1-4-16-6-9-18(10-7-16)15(3)25-21(23-5-2)24-13-17-8-11-20(22)19(12-17)14-26;/h6-12,15,26H,4-5,13-14H2,1-3H3,(H2,23,24,25);1H. The molecule has 27 heavy (non-hydrogen) atoms. The van der Waals surface area contributed by atoms with Crippen LogP contribution in [-0.2, 0) is 19.6 Å². The fourth-order valence-corrected chi connectivity index (χ4v) is 2.67. The van der Waals surface area contributed by atoms with E-state index in [2.05, 4.69) is 53.7 Å². The molecule has 0 saturated heterocycles. The van der Waals surface area contributed by atoms with Crippen LogP contribution in [0.4, 0.5) is 4.39 Å². The first kappa shape index (κ1) is 23.4. The lowest BCUT2D eigenvalue weighted by Crippen LogP contribution is -2.38. The summed E-state index contributed by atoms with van der Waals surface area (Å²) in [6.45, 7) is 7.09. The number of hydrogen-bond donors (Lipinski definition) is 3. The molecule has 3 N–H and O–H groups in total. The summed E-state index contributed by atoms with van der Waals surface area (Å²) >= 11 is 0. The highest BCUT2D eigenvalue weighted by molar-refractivity contribution is 14.0. The lowest BCUT2D eigenvalue weighted by Gasteiger charge is -2.18. The monoisotopic (exact) mass is 485 g/mol. The summed E-state index contributed by atoms with van der Waals surface area (Å²) < 4.78 is 13.5. The predicted octanol–water partition coefficient (Wildman–Crippen LogP) is 4.31. The van der Waals surface area contributed by atoms with Crippen molar-refractivity contribution in [3.8, 4) is 0 Å². The van der Waals surface area contributed by atoms with Crippen molar-refractivity contribution in [2.75, 3.05) is 6.54 Å². The molecule has 148 valence electrons. The van der Waals surface area contributed by atoms with Gasteiger partial charge in [0.2, 0.25) is 0 Å². The van der Waals surface area contributed by atoms with Crippen molar-refractivity contribution in [1.82, 2.24) is 10.6 Å². The molecule has 1 unspecified atom stereocenters. The summed E-state index contributed by atoms with van der Waals surface area (Å²) in [5.74, 6) is 0.309. The maximum atomic E-state index is 13.5. The molecule has 6 heteroatoms. The molecule has 1 atom stereocenters. The van der Waals surface area contributed by atoms with Crippen LogP contribution in [-0.4, -0.2) is 17.6 Å². The summed E-state index contributed by atoms with van der Waals surface area (Å²) in [6.07, 6.45) is 1.03. The summed E-state index contributed by atoms with van der Waals surface area (Å²) in [5.41, 5.74) is 3.65. The Bertz CT molecular complexity index is 735. The largest absolute Gasteiger partial charge is 0.392 e. The normalized spacial score (nSPS) is 12.3. The quantitative estimate of drug-likeness (QED) is 0.311. The number of aliphatic hydroxyl groups excluding tert-OH is 1. The molecule has 0 amide bonds. The van der Waals surface area contributed by atoms with E-state index >= 15 is 0 Å². The molecule has 0 aliphatic carbocycles. The Balaban J connectivity index is 0.00000364. The van der Waals surface area contributed by atoms with Gasteiger partial charge in [-0.05, 0) is 49.1 Å². The highest BCUT2D eigenvalue weighted by Crippen LogP contribution is 2.14. The summed E-state index contributed by atoms with van der Waals surface area (Å²) in [6, 6.07) is 13.4. The van der Waals surface area contributed by atoms with Crippen LogP contribution in [0, 0.1) is 5.82 Å². The van der Waals surface area contributed by atoms with Gasteiger partial charge in [0.25, 0.3) is 0 Å². The molecule has 0 saturated carbocycles. The first-order valence-corrected chi connectivity index (χ1v) is 9.09. The van der Waals surface area contributed by atoms with E-state index < -0.39 is 5.82 Å². The van der Waals surface area contributed by atoms with Crippen LogP contribution in [0.3, 0.4) is 0 Å². The van der Waals surface area contributed by atoms with Gasteiger partial charge in [0.1, 0.15) is 5.82 Å². The number of aliphatic hydroxyl groups is 1. The summed E-state index contributed by atoms with van der Waals surface area (Å²) in [7, 11) is 0. The summed E-state index contributed by atoms with van der Waals surface area (Å²) in [4.78, 5) is 4.58. The molecule has 0 aliphatic heterocycles. The second kappa shape index (κ2) is 11.9. The van der Waals surface area contributed by atoms with E-state index in [0.29, 0.717) is 18.1 Å². The Morgan fingerprint density at radius 1 is 1.11 bits per heavy atom. The van der Waals surface area contributed by atoms with Crippen LogP contribution in [0.1, 0.15) is 49.1 Å². The smallest absolute Gasteiger partial charge is 0.192 e. The Labute approximate surface area is 178 Å². The van der Waals surface area contributed by atoms with E-state index in [9.17, 15) is 9.50 Å². The molecule has 0 heterocycles. The predicted molar refractivity (Wildman–Crippen MR) is 120 cm³/mol. The van der Waals surface area contributed by atoms with E-state index in [0.717, 1.165) is 18.5 Å². The van der Waals surface area contributed by atoms with E-state index in [1.54, 1.807) is 12.1 Å². The number of guanidine groups is 1. The third-order valence-corrected chi connectivity index (χ3v) is 4.29. The van der Waals surface area contributed by atoms with E-state index in [4.69, 9.17) is 0 Å². The maximum absolute atomic E-state index is 13.5. The number of halogens is 2. The molecule has 0 aliphatic rings. The van der Waals surface area contributed by atoms with Gasteiger partial charge in [0, 0.05) is 12.1 Å². The van der Waals surface area contributed by atoms with Crippen LogP contribution < -0.4 is 10.6 Å². The lowest BCUT2D eigenvalue weighted by molar-refractivity contribution is 0.275. The number of benzene rings is 2. The minimum Gasteiger partial charge on any atom is -0.392 e. The number of nitrogens with zero attached hydrogens (tertiary/aromatic N) is 1. The first-order valence-electron chi connectivity index (χ1n) is 9.09. The Morgan fingerprint density at radius 3 is 2.37 bits per heavy atom. The number of hydrogen-bond acceptors (Lipinski definition) is 2. The maximum Gasteiger partial charge on any atom is 0.192 e. The van der Waals surface area contributed by atoms with E-state index in [-0.39, 0.29) is 36.6 Å². The molecule has 0 spiro atoms. The van der Waals surface area contributed by atoms with Crippen molar-refractivity contribution in [2.24, 2.45) is 4.99 Å². The second-order valence-corrected chi connectivity index (χ2v) is 6.24. The zero-order valence-corrected chi connectivity index (χ0v) is 18.5. The van der Waals surface area contributed by atoms with Gasteiger partial charge in [-0.3, -0.25) is 0 Å². The SMILES string of the molecule is CCNC(=NCc1ccc(F)c(CO)c1)NC(C)c1ccc(CC)cc1.I. The average Bonchev–Trinajstić information content (AvgIpc) is 2.67. The van der Waals surface area contributed by atoms with Gasteiger partial charge >= 0.3 is 0 Å². The Kier molecular flexibility index (Phi) is 10.3. The molecule has 0 aromatic heterocycles. The van der Waals surface area contributed by atoms with Gasteiger partial charge in [0.15, 0.2) is 5.96 Å². The zero-order chi connectivity index (χ0) is 18.9. The van der Waals surface area contributed by atoms with Crippen molar-refractivity contribution < 1.29 is 9.50 Å².